The lowest BCUT2D eigenvalue weighted by atomic mass is 10.1. The molecule has 1 aromatic carbocycles. The minimum absolute atomic E-state index is 0.112. The predicted molar refractivity (Wildman–Crippen MR) is 80.4 cm³/mol. The maximum Gasteiger partial charge on any atom is 0.254 e. The van der Waals surface area contributed by atoms with Crippen LogP contribution < -0.4 is 0 Å². The molecule has 0 bridgehead atoms. The van der Waals surface area contributed by atoms with Crippen molar-refractivity contribution in [3.05, 3.63) is 51.6 Å². The Kier molecular flexibility index (Phi) is 4.22. The molecule has 1 aromatic heterocycles. The van der Waals surface area contributed by atoms with Crippen LogP contribution in [0.1, 0.15) is 10.4 Å². The second kappa shape index (κ2) is 5.72. The highest BCUT2D eigenvalue weighted by atomic mass is 79.9. The molecule has 5 heteroatoms. The molecule has 1 amide bonds. The number of benzene rings is 1. The van der Waals surface area contributed by atoms with E-state index in [1.54, 1.807) is 32.4 Å². The first-order valence-corrected chi connectivity index (χ1v) is 6.79. The van der Waals surface area contributed by atoms with Gasteiger partial charge in [0, 0.05) is 30.3 Å². The van der Waals surface area contributed by atoms with Gasteiger partial charge in [-0.3, -0.25) is 9.78 Å². The van der Waals surface area contributed by atoms with Crippen molar-refractivity contribution < 1.29 is 4.79 Å². The van der Waals surface area contributed by atoms with Crippen molar-refractivity contribution in [3.63, 3.8) is 0 Å². The van der Waals surface area contributed by atoms with Crippen molar-refractivity contribution >= 4 is 33.4 Å². The van der Waals surface area contributed by atoms with Gasteiger partial charge in [0.05, 0.1) is 16.3 Å². The van der Waals surface area contributed by atoms with Crippen LogP contribution in [0.25, 0.3) is 11.3 Å². The van der Waals surface area contributed by atoms with Gasteiger partial charge in [0.1, 0.15) is 0 Å². The zero-order valence-electron chi connectivity index (χ0n) is 10.5. The van der Waals surface area contributed by atoms with Gasteiger partial charge in [-0.15, -0.1) is 0 Å². The van der Waals surface area contributed by atoms with Crippen LogP contribution >= 0.6 is 27.5 Å². The molecule has 0 atom stereocenters. The second-order valence-corrected chi connectivity index (χ2v) is 5.58. The Balaban J connectivity index is 2.42. The van der Waals surface area contributed by atoms with Crippen molar-refractivity contribution in [1.29, 1.82) is 0 Å². The normalized spacial score (nSPS) is 10.3. The van der Waals surface area contributed by atoms with E-state index in [0.29, 0.717) is 10.6 Å². The lowest BCUT2D eigenvalue weighted by Gasteiger charge is -2.12. The van der Waals surface area contributed by atoms with E-state index in [-0.39, 0.29) is 5.91 Å². The van der Waals surface area contributed by atoms with Crippen molar-refractivity contribution in [1.82, 2.24) is 9.88 Å². The fourth-order valence-corrected chi connectivity index (χ4v) is 2.25. The Morgan fingerprint density at radius 3 is 2.58 bits per heavy atom. The molecule has 0 aliphatic heterocycles. The van der Waals surface area contributed by atoms with Gasteiger partial charge in [-0.25, -0.2) is 0 Å². The summed E-state index contributed by atoms with van der Waals surface area (Å²) in [7, 11) is 3.39. The van der Waals surface area contributed by atoms with Crippen LogP contribution in [-0.4, -0.2) is 29.9 Å². The molecule has 0 aliphatic carbocycles. The van der Waals surface area contributed by atoms with Crippen molar-refractivity contribution in [2.75, 3.05) is 14.1 Å². The number of halogens is 2. The van der Waals surface area contributed by atoms with E-state index in [4.69, 9.17) is 11.6 Å². The Bertz CT molecular complexity index is 629. The highest BCUT2D eigenvalue weighted by Gasteiger charge is 2.13. The van der Waals surface area contributed by atoms with E-state index in [9.17, 15) is 4.79 Å². The summed E-state index contributed by atoms with van der Waals surface area (Å²) in [6, 6.07) is 9.08. The molecule has 2 aromatic rings. The summed E-state index contributed by atoms with van der Waals surface area (Å²) in [6.45, 7) is 0. The molecule has 2 rings (SSSR count). The lowest BCUT2D eigenvalue weighted by molar-refractivity contribution is 0.0828. The average Bonchev–Trinajstić information content (AvgIpc) is 2.37. The maximum absolute atomic E-state index is 11.9. The summed E-state index contributed by atoms with van der Waals surface area (Å²) in [6.07, 6.45) is 1.71. The monoisotopic (exact) mass is 338 g/mol. The van der Waals surface area contributed by atoms with Gasteiger partial charge in [-0.2, -0.15) is 0 Å². The SMILES string of the molecule is CN(C)C(=O)c1ccc(-c2cc(Br)ccn2)cc1Cl. The van der Waals surface area contributed by atoms with Crippen molar-refractivity contribution in [3.8, 4) is 11.3 Å². The van der Waals surface area contributed by atoms with Crippen LogP contribution in [0.2, 0.25) is 5.02 Å². The summed E-state index contributed by atoms with van der Waals surface area (Å²) in [5.41, 5.74) is 2.17. The Hall–Kier alpha value is -1.39. The van der Waals surface area contributed by atoms with E-state index in [1.165, 1.54) is 4.90 Å². The molecule has 0 unspecified atom stereocenters. The number of rotatable bonds is 2. The third kappa shape index (κ3) is 3.14. The number of amides is 1. The van der Waals surface area contributed by atoms with Crippen molar-refractivity contribution in [2.24, 2.45) is 0 Å². The standard InChI is InChI=1S/C14H12BrClN2O/c1-18(2)14(19)11-4-3-9(7-12(11)16)13-8-10(15)5-6-17-13/h3-8H,1-2H3. The van der Waals surface area contributed by atoms with Crippen LogP contribution in [0.15, 0.2) is 41.0 Å². The third-order valence-corrected chi connectivity index (χ3v) is 3.43. The summed E-state index contributed by atoms with van der Waals surface area (Å²) in [5, 5.41) is 0.429. The Morgan fingerprint density at radius 2 is 2.00 bits per heavy atom. The van der Waals surface area contributed by atoms with Crippen LogP contribution in [0.5, 0.6) is 0 Å². The molecule has 98 valence electrons. The fraction of sp³-hybridized carbons (Fsp3) is 0.143. The van der Waals surface area contributed by atoms with E-state index in [1.807, 2.05) is 18.2 Å². The number of carbonyl (C=O) groups is 1. The maximum atomic E-state index is 11.9. The van der Waals surface area contributed by atoms with Crippen LogP contribution in [0, 0.1) is 0 Å². The van der Waals surface area contributed by atoms with Gasteiger partial charge in [-0.05, 0) is 24.3 Å². The zero-order valence-corrected chi connectivity index (χ0v) is 12.9. The first kappa shape index (κ1) is 14.0. The van der Waals surface area contributed by atoms with Crippen molar-refractivity contribution in [2.45, 2.75) is 0 Å². The molecule has 0 saturated heterocycles. The van der Waals surface area contributed by atoms with Gasteiger partial charge in [-0.1, -0.05) is 33.6 Å². The van der Waals surface area contributed by atoms with Gasteiger partial charge in [0.25, 0.3) is 5.91 Å². The predicted octanol–water partition coefficient (Wildman–Crippen LogP) is 3.87. The molecule has 3 nitrogen and oxygen atoms in total. The summed E-state index contributed by atoms with van der Waals surface area (Å²) in [4.78, 5) is 17.7. The van der Waals surface area contributed by atoms with Crippen LogP contribution in [-0.2, 0) is 0 Å². The van der Waals surface area contributed by atoms with Crippen LogP contribution in [0.4, 0.5) is 0 Å². The molecule has 0 spiro atoms. The number of carbonyl (C=O) groups excluding carboxylic acids is 1. The first-order chi connectivity index (χ1) is 8.99. The zero-order chi connectivity index (χ0) is 14.0. The molecule has 0 aliphatic rings. The van der Waals surface area contributed by atoms with E-state index in [2.05, 4.69) is 20.9 Å². The summed E-state index contributed by atoms with van der Waals surface area (Å²) in [5.74, 6) is -0.112. The average molecular weight is 340 g/mol. The summed E-state index contributed by atoms with van der Waals surface area (Å²) >= 11 is 9.57. The number of aromatic nitrogens is 1. The number of nitrogens with zero attached hydrogens (tertiary/aromatic N) is 2. The topological polar surface area (TPSA) is 33.2 Å². The molecular weight excluding hydrogens is 328 g/mol. The van der Waals surface area contributed by atoms with Crippen LogP contribution in [0.3, 0.4) is 0 Å². The quantitative estimate of drug-likeness (QED) is 0.832. The second-order valence-electron chi connectivity index (χ2n) is 4.25. The summed E-state index contributed by atoms with van der Waals surface area (Å²) < 4.78 is 0.946. The minimum atomic E-state index is -0.112. The number of hydrogen-bond donors (Lipinski definition) is 0. The third-order valence-electron chi connectivity index (χ3n) is 2.62. The number of pyridine rings is 1. The molecule has 0 N–H and O–H groups in total. The molecule has 0 fully saturated rings. The van der Waals surface area contributed by atoms with Gasteiger partial charge in [0.15, 0.2) is 0 Å². The molecule has 1 heterocycles. The Labute approximate surface area is 125 Å². The van der Waals surface area contributed by atoms with Gasteiger partial charge in [0.2, 0.25) is 0 Å². The molecule has 0 radical (unpaired) electrons. The van der Waals surface area contributed by atoms with Gasteiger partial charge < -0.3 is 4.90 Å². The molecule has 0 saturated carbocycles. The highest BCUT2D eigenvalue weighted by molar-refractivity contribution is 9.10. The fourth-order valence-electron chi connectivity index (χ4n) is 1.65. The largest absolute Gasteiger partial charge is 0.345 e. The Morgan fingerprint density at radius 1 is 1.26 bits per heavy atom. The van der Waals surface area contributed by atoms with Gasteiger partial charge >= 0.3 is 0 Å². The van der Waals surface area contributed by atoms with E-state index >= 15 is 0 Å². The lowest BCUT2D eigenvalue weighted by Crippen LogP contribution is -2.21. The smallest absolute Gasteiger partial charge is 0.254 e. The van der Waals surface area contributed by atoms with E-state index < -0.39 is 0 Å². The highest BCUT2D eigenvalue weighted by Crippen LogP contribution is 2.26. The molecular formula is C14H12BrClN2O. The molecule has 19 heavy (non-hydrogen) atoms. The first-order valence-electron chi connectivity index (χ1n) is 5.62. The minimum Gasteiger partial charge on any atom is -0.345 e. The van der Waals surface area contributed by atoms with E-state index in [0.717, 1.165) is 15.7 Å². The number of hydrogen-bond acceptors (Lipinski definition) is 2.